The van der Waals surface area contributed by atoms with Crippen molar-refractivity contribution in [3.63, 3.8) is 0 Å². The lowest BCUT2D eigenvalue weighted by Gasteiger charge is -2.03. The maximum Gasteiger partial charge on any atom is 0.257 e. The monoisotopic (exact) mass is 273 g/mol. The summed E-state index contributed by atoms with van der Waals surface area (Å²) in [6.45, 7) is 0.262. The van der Waals surface area contributed by atoms with Crippen molar-refractivity contribution in [1.82, 2.24) is 15.5 Å². The molecule has 1 aromatic heterocycles. The highest BCUT2D eigenvalue weighted by Gasteiger charge is 2.74. The van der Waals surface area contributed by atoms with Crippen LogP contribution < -0.4 is 5.32 Å². The number of amides is 1. The number of fused-ring (bicyclic) bond motifs is 1. The summed E-state index contributed by atoms with van der Waals surface area (Å²) in [5.41, 5.74) is 0.600. The second-order valence-corrected chi connectivity index (χ2v) is 5.47. The topological polar surface area (TPSA) is 68.0 Å². The zero-order valence-electron chi connectivity index (χ0n) is 10.6. The average Bonchev–Trinajstić information content (AvgIpc) is 3.25. The van der Waals surface area contributed by atoms with E-state index < -0.39 is 0 Å². The van der Waals surface area contributed by atoms with Gasteiger partial charge in [-0.25, -0.2) is 4.39 Å². The van der Waals surface area contributed by atoms with Gasteiger partial charge in [0.25, 0.3) is 5.89 Å². The van der Waals surface area contributed by atoms with Gasteiger partial charge >= 0.3 is 0 Å². The second kappa shape index (κ2) is 3.88. The number of hydrogen-bond donors (Lipinski definition) is 1. The number of nitrogens with one attached hydrogen (secondary N) is 1. The minimum Gasteiger partial charge on any atom is -0.348 e. The first kappa shape index (κ1) is 11.6. The zero-order chi connectivity index (χ0) is 13.7. The van der Waals surface area contributed by atoms with Gasteiger partial charge in [-0.3, -0.25) is 4.79 Å². The molecule has 0 unspecified atom stereocenters. The summed E-state index contributed by atoms with van der Waals surface area (Å²) in [6, 6.07) is 5.81. The molecule has 5 nitrogen and oxygen atoms in total. The van der Waals surface area contributed by atoms with Gasteiger partial charge in [0.05, 0.1) is 12.0 Å². The smallest absolute Gasteiger partial charge is 0.257 e. The van der Waals surface area contributed by atoms with Crippen molar-refractivity contribution in [2.75, 3.05) is 0 Å². The molecular formula is C14H12FN3O2. The summed E-state index contributed by atoms with van der Waals surface area (Å²) < 4.78 is 17.9. The molecule has 1 amide bonds. The van der Waals surface area contributed by atoms with Crippen LogP contribution >= 0.6 is 0 Å². The molecule has 1 aromatic carbocycles. The number of benzene rings is 1. The number of carbonyl (C=O) groups excluding carboxylic acids is 1. The minimum atomic E-state index is -0.316. The van der Waals surface area contributed by atoms with E-state index in [1.165, 1.54) is 12.1 Å². The molecule has 1 N–H and O–H groups in total. The van der Waals surface area contributed by atoms with E-state index in [0.717, 1.165) is 12.8 Å². The highest BCUT2D eigenvalue weighted by molar-refractivity contribution is 5.89. The van der Waals surface area contributed by atoms with E-state index >= 15 is 0 Å². The van der Waals surface area contributed by atoms with Crippen molar-refractivity contribution in [3.05, 3.63) is 35.9 Å². The maximum absolute atomic E-state index is 12.8. The van der Waals surface area contributed by atoms with Crippen LogP contribution in [0.1, 0.15) is 18.7 Å². The van der Waals surface area contributed by atoms with E-state index in [-0.39, 0.29) is 23.7 Å². The van der Waals surface area contributed by atoms with E-state index in [2.05, 4.69) is 15.5 Å². The molecule has 4 rings (SSSR count). The van der Waals surface area contributed by atoms with Gasteiger partial charge in [0.15, 0.2) is 5.82 Å². The summed E-state index contributed by atoms with van der Waals surface area (Å²) in [5, 5.41) is 6.64. The molecule has 6 heteroatoms. The van der Waals surface area contributed by atoms with Crippen LogP contribution in [0.4, 0.5) is 4.39 Å². The first-order valence-electron chi connectivity index (χ1n) is 6.54. The second-order valence-electron chi connectivity index (χ2n) is 5.47. The molecule has 0 spiro atoms. The van der Waals surface area contributed by atoms with E-state index in [1.54, 1.807) is 12.1 Å². The highest BCUT2D eigenvalue weighted by atomic mass is 19.1. The molecule has 0 radical (unpaired) electrons. The normalized spacial score (nSPS) is 25.9. The number of carbonyl (C=O) groups is 1. The number of rotatable bonds is 4. The Morgan fingerprint density at radius 1 is 1.40 bits per heavy atom. The molecule has 1 heterocycles. The number of hydrogen-bond acceptors (Lipinski definition) is 4. The van der Waals surface area contributed by atoms with Crippen LogP contribution in [0.15, 0.2) is 28.8 Å². The van der Waals surface area contributed by atoms with Crippen LogP contribution in [0.5, 0.6) is 0 Å². The van der Waals surface area contributed by atoms with Crippen LogP contribution in [-0.4, -0.2) is 16.0 Å². The number of nitrogens with zero attached hydrogens (tertiary/aromatic N) is 2. The summed E-state index contributed by atoms with van der Waals surface area (Å²) >= 11 is 0. The Labute approximate surface area is 114 Å². The highest BCUT2D eigenvalue weighted by Crippen LogP contribution is 2.75. The Morgan fingerprint density at radius 3 is 2.75 bits per heavy atom. The van der Waals surface area contributed by atoms with E-state index in [1.807, 2.05) is 0 Å². The van der Waals surface area contributed by atoms with Crippen LogP contribution in [0.2, 0.25) is 0 Å². The molecule has 2 saturated carbocycles. The first-order chi connectivity index (χ1) is 9.67. The predicted molar refractivity (Wildman–Crippen MR) is 66.7 cm³/mol. The van der Waals surface area contributed by atoms with E-state index in [4.69, 9.17) is 4.52 Å². The van der Waals surface area contributed by atoms with E-state index in [0.29, 0.717) is 23.2 Å². The van der Waals surface area contributed by atoms with Crippen molar-refractivity contribution in [3.8, 4) is 11.5 Å². The lowest BCUT2D eigenvalue weighted by atomic mass is 10.2. The third-order valence-corrected chi connectivity index (χ3v) is 4.10. The fourth-order valence-electron chi connectivity index (χ4n) is 2.44. The molecular weight excluding hydrogens is 261 g/mol. The predicted octanol–water partition coefficient (Wildman–Crippen LogP) is 1.90. The first-order valence-corrected chi connectivity index (χ1v) is 6.54. The number of aromatic nitrogens is 2. The van der Waals surface area contributed by atoms with Crippen molar-refractivity contribution < 1.29 is 13.7 Å². The standard InChI is InChI=1S/C14H12FN3O2/c15-10-3-1-8(2-4-10)12-17-11(18-20-12)7-16-13(19)14-5-9(14)6-14/h1-4,9H,5-7H2,(H,16,19). The Balaban J connectivity index is 1.42. The maximum atomic E-state index is 12.8. The van der Waals surface area contributed by atoms with Gasteiger partial charge in [0, 0.05) is 5.56 Å². The lowest BCUT2D eigenvalue weighted by molar-refractivity contribution is -0.124. The summed E-state index contributed by atoms with van der Waals surface area (Å²) in [6.07, 6.45) is 2.04. The fraction of sp³-hybridized carbons (Fsp3) is 0.357. The largest absolute Gasteiger partial charge is 0.348 e. The molecule has 0 aliphatic heterocycles. The lowest BCUT2D eigenvalue weighted by Crippen LogP contribution is -2.27. The van der Waals surface area contributed by atoms with Gasteiger partial charge < -0.3 is 9.84 Å². The van der Waals surface area contributed by atoms with Crippen LogP contribution in [-0.2, 0) is 11.3 Å². The Hall–Kier alpha value is -2.24. The molecule has 2 aliphatic rings. The summed E-state index contributed by atoms with van der Waals surface area (Å²) in [7, 11) is 0. The zero-order valence-corrected chi connectivity index (χ0v) is 10.6. The van der Waals surface area contributed by atoms with Gasteiger partial charge in [-0.05, 0) is 43.0 Å². The quantitative estimate of drug-likeness (QED) is 0.923. The molecule has 2 fully saturated rings. The van der Waals surface area contributed by atoms with Gasteiger partial charge in [0.2, 0.25) is 5.91 Å². The third kappa shape index (κ3) is 1.79. The summed E-state index contributed by atoms with van der Waals surface area (Å²) in [4.78, 5) is 16.0. The number of halogens is 1. The molecule has 2 aliphatic carbocycles. The fourth-order valence-corrected chi connectivity index (χ4v) is 2.44. The summed E-state index contributed by atoms with van der Waals surface area (Å²) in [5.74, 6) is 1.14. The van der Waals surface area contributed by atoms with E-state index in [9.17, 15) is 9.18 Å². The van der Waals surface area contributed by atoms with Gasteiger partial charge in [0.1, 0.15) is 5.82 Å². The van der Waals surface area contributed by atoms with Gasteiger partial charge in [-0.1, -0.05) is 5.16 Å². The molecule has 0 saturated heterocycles. The molecule has 2 aromatic rings. The Bertz CT molecular complexity index is 674. The average molecular weight is 273 g/mol. The molecule has 0 bridgehead atoms. The Morgan fingerprint density at radius 2 is 2.10 bits per heavy atom. The third-order valence-electron chi connectivity index (χ3n) is 4.10. The van der Waals surface area contributed by atoms with Gasteiger partial charge in [-0.15, -0.1) is 0 Å². The van der Waals surface area contributed by atoms with Crippen LogP contribution in [0, 0.1) is 17.2 Å². The van der Waals surface area contributed by atoms with Crippen molar-refractivity contribution in [2.45, 2.75) is 19.4 Å². The molecule has 0 atom stereocenters. The molecule has 102 valence electrons. The molecule has 20 heavy (non-hydrogen) atoms. The van der Waals surface area contributed by atoms with Crippen LogP contribution in [0.3, 0.4) is 0 Å². The minimum absolute atomic E-state index is 0.0521. The van der Waals surface area contributed by atoms with Crippen molar-refractivity contribution in [1.29, 1.82) is 0 Å². The van der Waals surface area contributed by atoms with Crippen LogP contribution in [0.25, 0.3) is 11.5 Å². The van der Waals surface area contributed by atoms with Crippen molar-refractivity contribution in [2.24, 2.45) is 11.3 Å². The van der Waals surface area contributed by atoms with Gasteiger partial charge in [-0.2, -0.15) is 4.98 Å². The SMILES string of the molecule is O=C(NCc1noc(-c2ccc(F)cc2)n1)C12CC1C2. The Kier molecular flexibility index (Phi) is 2.24. The van der Waals surface area contributed by atoms with Crippen molar-refractivity contribution >= 4 is 5.91 Å².